The van der Waals surface area contributed by atoms with Gasteiger partial charge in [-0.05, 0) is 63.5 Å². The highest BCUT2D eigenvalue weighted by Gasteiger charge is 2.24. The Hall–Kier alpha value is -2.79. The van der Waals surface area contributed by atoms with E-state index in [1.54, 1.807) is 19.1 Å². The number of fused-ring (bicyclic) bond motifs is 1. The molecule has 28 heavy (non-hydrogen) atoms. The Morgan fingerprint density at radius 2 is 1.86 bits per heavy atom. The molecule has 0 unspecified atom stereocenters. The van der Waals surface area contributed by atoms with Gasteiger partial charge in [0, 0.05) is 23.2 Å². The summed E-state index contributed by atoms with van der Waals surface area (Å²) in [5, 5.41) is 14.3. The second kappa shape index (κ2) is 7.68. The van der Waals surface area contributed by atoms with E-state index in [1.807, 2.05) is 31.2 Å². The van der Waals surface area contributed by atoms with Crippen molar-refractivity contribution in [2.45, 2.75) is 39.7 Å². The van der Waals surface area contributed by atoms with Crippen molar-refractivity contribution in [2.75, 3.05) is 18.4 Å². The quantitative estimate of drug-likeness (QED) is 0.671. The molecule has 1 aliphatic heterocycles. The second-order valence-corrected chi connectivity index (χ2v) is 7.58. The first-order valence-electron chi connectivity index (χ1n) is 9.88. The standard InChI is InChI=1S/C23H26N2O3/c1-15-8-4-5-9-18(15)24-23(27)21-16(2)28-20-11-10-19(26)17(22(20)21)14-25-12-6-3-7-13-25/h4-5,8-11,26H,3,6-7,12-14H2,1-2H3,(H,24,27). The summed E-state index contributed by atoms with van der Waals surface area (Å²) in [4.78, 5) is 15.5. The number of anilines is 1. The van der Waals surface area contributed by atoms with Crippen molar-refractivity contribution in [2.24, 2.45) is 0 Å². The van der Waals surface area contributed by atoms with Crippen LogP contribution in [-0.4, -0.2) is 29.0 Å². The Kier molecular flexibility index (Phi) is 5.09. The molecule has 1 fully saturated rings. The maximum atomic E-state index is 13.2. The summed E-state index contributed by atoms with van der Waals surface area (Å²) in [6.07, 6.45) is 3.59. The molecule has 4 rings (SSSR count). The first-order valence-corrected chi connectivity index (χ1v) is 9.88. The molecule has 0 bridgehead atoms. The van der Waals surface area contributed by atoms with Gasteiger partial charge in [0.2, 0.25) is 0 Å². The number of furan rings is 1. The summed E-state index contributed by atoms with van der Waals surface area (Å²) in [6, 6.07) is 11.1. The Balaban J connectivity index is 1.75. The third kappa shape index (κ3) is 3.50. The van der Waals surface area contributed by atoms with Crippen molar-refractivity contribution in [1.29, 1.82) is 0 Å². The maximum absolute atomic E-state index is 13.2. The number of carbonyl (C=O) groups is 1. The first kappa shape index (κ1) is 18.6. The largest absolute Gasteiger partial charge is 0.508 e. The normalized spacial score (nSPS) is 15.1. The van der Waals surface area contributed by atoms with Gasteiger partial charge in [0.1, 0.15) is 17.1 Å². The first-order chi connectivity index (χ1) is 13.5. The fraction of sp³-hybridized carbons (Fsp3) is 0.348. The van der Waals surface area contributed by atoms with Crippen LogP contribution in [0.2, 0.25) is 0 Å². The molecule has 5 nitrogen and oxygen atoms in total. The maximum Gasteiger partial charge on any atom is 0.259 e. The van der Waals surface area contributed by atoms with E-state index in [1.165, 1.54) is 19.3 Å². The minimum absolute atomic E-state index is 0.212. The van der Waals surface area contributed by atoms with Gasteiger partial charge in [-0.15, -0.1) is 0 Å². The highest BCUT2D eigenvalue weighted by atomic mass is 16.3. The number of rotatable bonds is 4. The number of para-hydroxylation sites is 1. The monoisotopic (exact) mass is 378 g/mol. The number of nitrogens with zero attached hydrogens (tertiary/aromatic N) is 1. The number of carbonyl (C=O) groups excluding carboxylic acids is 1. The van der Waals surface area contributed by atoms with Crippen LogP contribution in [0.1, 0.15) is 46.5 Å². The number of hydrogen-bond acceptors (Lipinski definition) is 4. The van der Waals surface area contributed by atoms with E-state index in [2.05, 4.69) is 10.2 Å². The number of hydrogen-bond donors (Lipinski definition) is 2. The molecular weight excluding hydrogens is 352 g/mol. The second-order valence-electron chi connectivity index (χ2n) is 7.58. The Morgan fingerprint density at radius 1 is 1.11 bits per heavy atom. The van der Waals surface area contributed by atoms with E-state index in [0.717, 1.165) is 29.9 Å². The lowest BCUT2D eigenvalue weighted by Gasteiger charge is -2.27. The Labute approximate surface area is 165 Å². The third-order valence-corrected chi connectivity index (χ3v) is 5.57. The van der Waals surface area contributed by atoms with Gasteiger partial charge in [-0.3, -0.25) is 9.69 Å². The van der Waals surface area contributed by atoms with Crippen LogP contribution >= 0.6 is 0 Å². The number of nitrogens with one attached hydrogen (secondary N) is 1. The number of likely N-dealkylation sites (tertiary alicyclic amines) is 1. The molecule has 1 amide bonds. The van der Waals surface area contributed by atoms with Crippen molar-refractivity contribution < 1.29 is 14.3 Å². The number of benzene rings is 2. The summed E-state index contributed by atoms with van der Waals surface area (Å²) < 4.78 is 5.88. The minimum Gasteiger partial charge on any atom is -0.508 e. The van der Waals surface area contributed by atoms with Crippen LogP contribution in [0.15, 0.2) is 40.8 Å². The van der Waals surface area contributed by atoms with Gasteiger partial charge in [-0.2, -0.15) is 0 Å². The molecule has 0 saturated carbocycles. The van der Waals surface area contributed by atoms with Crippen LogP contribution in [0.5, 0.6) is 5.75 Å². The van der Waals surface area contributed by atoms with Crippen LogP contribution < -0.4 is 5.32 Å². The highest BCUT2D eigenvalue weighted by Crippen LogP contribution is 2.35. The molecule has 1 aliphatic rings. The Morgan fingerprint density at radius 3 is 2.61 bits per heavy atom. The number of amides is 1. The molecule has 2 N–H and O–H groups in total. The summed E-state index contributed by atoms with van der Waals surface area (Å²) in [5.41, 5.74) is 3.68. The third-order valence-electron chi connectivity index (χ3n) is 5.57. The topological polar surface area (TPSA) is 65.7 Å². The van der Waals surface area contributed by atoms with E-state index in [-0.39, 0.29) is 11.7 Å². The van der Waals surface area contributed by atoms with E-state index in [0.29, 0.717) is 28.8 Å². The van der Waals surface area contributed by atoms with Crippen LogP contribution in [-0.2, 0) is 6.54 Å². The van der Waals surface area contributed by atoms with E-state index in [4.69, 9.17) is 4.42 Å². The predicted octanol–water partition coefficient (Wildman–Crippen LogP) is 4.99. The van der Waals surface area contributed by atoms with Gasteiger partial charge in [-0.1, -0.05) is 24.6 Å². The summed E-state index contributed by atoms with van der Waals surface area (Å²) in [7, 11) is 0. The van der Waals surface area contributed by atoms with E-state index < -0.39 is 0 Å². The van der Waals surface area contributed by atoms with Gasteiger partial charge in [-0.25, -0.2) is 0 Å². The molecule has 0 spiro atoms. The van der Waals surface area contributed by atoms with Crippen LogP contribution in [0, 0.1) is 13.8 Å². The fourth-order valence-electron chi connectivity index (χ4n) is 4.04. The number of piperidine rings is 1. The van der Waals surface area contributed by atoms with Gasteiger partial charge >= 0.3 is 0 Å². The lowest BCUT2D eigenvalue weighted by molar-refractivity contribution is 0.102. The molecule has 2 aromatic carbocycles. The van der Waals surface area contributed by atoms with Gasteiger partial charge in [0.15, 0.2) is 0 Å². The fourth-order valence-corrected chi connectivity index (χ4v) is 4.04. The van der Waals surface area contributed by atoms with Gasteiger partial charge < -0.3 is 14.8 Å². The summed E-state index contributed by atoms with van der Waals surface area (Å²) >= 11 is 0. The average molecular weight is 378 g/mol. The van der Waals surface area contributed by atoms with Crippen LogP contribution in [0.3, 0.4) is 0 Å². The van der Waals surface area contributed by atoms with E-state index >= 15 is 0 Å². The van der Waals surface area contributed by atoms with Crippen LogP contribution in [0.25, 0.3) is 11.0 Å². The zero-order chi connectivity index (χ0) is 19.7. The lowest BCUT2D eigenvalue weighted by Crippen LogP contribution is -2.29. The molecule has 0 aliphatic carbocycles. The molecule has 0 atom stereocenters. The molecule has 1 aromatic heterocycles. The predicted molar refractivity (Wildman–Crippen MR) is 111 cm³/mol. The van der Waals surface area contributed by atoms with Crippen molar-refractivity contribution in [3.63, 3.8) is 0 Å². The number of aryl methyl sites for hydroxylation is 2. The van der Waals surface area contributed by atoms with Gasteiger partial charge in [0.05, 0.1) is 5.56 Å². The average Bonchev–Trinajstić information content (AvgIpc) is 3.03. The van der Waals surface area contributed by atoms with Gasteiger partial charge in [0.25, 0.3) is 5.91 Å². The lowest BCUT2D eigenvalue weighted by atomic mass is 10.0. The minimum atomic E-state index is -0.212. The molecule has 3 aromatic rings. The molecular formula is C23H26N2O3. The number of phenols is 1. The molecule has 2 heterocycles. The van der Waals surface area contributed by atoms with E-state index in [9.17, 15) is 9.90 Å². The highest BCUT2D eigenvalue weighted by molar-refractivity contribution is 6.14. The zero-order valence-corrected chi connectivity index (χ0v) is 16.4. The summed E-state index contributed by atoms with van der Waals surface area (Å²) in [6.45, 7) is 6.40. The van der Waals surface area contributed by atoms with Crippen molar-refractivity contribution in [3.05, 3.63) is 58.8 Å². The van der Waals surface area contributed by atoms with Crippen molar-refractivity contribution >= 4 is 22.6 Å². The molecule has 146 valence electrons. The Bertz CT molecular complexity index is 1020. The zero-order valence-electron chi connectivity index (χ0n) is 16.4. The summed E-state index contributed by atoms with van der Waals surface area (Å²) in [5.74, 6) is 0.562. The van der Waals surface area contributed by atoms with Crippen molar-refractivity contribution in [1.82, 2.24) is 4.90 Å². The molecule has 0 radical (unpaired) electrons. The number of aromatic hydroxyl groups is 1. The smallest absolute Gasteiger partial charge is 0.259 e. The van der Waals surface area contributed by atoms with Crippen molar-refractivity contribution in [3.8, 4) is 5.75 Å². The SMILES string of the molecule is Cc1ccccc1NC(=O)c1c(C)oc2ccc(O)c(CN3CCCCC3)c12. The molecule has 5 heteroatoms. The van der Waals surface area contributed by atoms with Crippen LogP contribution in [0.4, 0.5) is 5.69 Å². The number of phenolic OH excluding ortho intramolecular Hbond substituents is 1. The molecule has 1 saturated heterocycles.